The Morgan fingerprint density at radius 2 is 0.595 bits per heavy atom. The Labute approximate surface area is 730 Å². The van der Waals surface area contributed by atoms with Crippen LogP contribution < -0.4 is 33.2 Å². The minimum absolute atomic E-state index is 0.242. The van der Waals surface area contributed by atoms with Gasteiger partial charge in [0.15, 0.2) is 0 Å². The van der Waals surface area contributed by atoms with E-state index in [0.29, 0.717) is 87.8 Å². The minimum Gasteiger partial charge on any atom is -0.496 e. The summed E-state index contributed by atoms with van der Waals surface area (Å²) in [5.74, 6) is 10.0. The van der Waals surface area contributed by atoms with E-state index in [0.717, 1.165) is 124 Å². The molecule has 0 radical (unpaired) electrons. The Morgan fingerprint density at radius 1 is 0.278 bits per heavy atom. The number of aryl methyl sites for hydroxylation is 6. The van der Waals surface area contributed by atoms with Crippen LogP contribution in [0.3, 0.4) is 0 Å². The molecule has 0 aliphatic heterocycles. The van der Waals surface area contributed by atoms with E-state index in [1.807, 2.05) is 175 Å². The zero-order valence-electron chi connectivity index (χ0n) is 70.0. The lowest BCUT2D eigenvalue weighted by Gasteiger charge is -2.04. The highest BCUT2D eigenvalue weighted by atomic mass is 35.5. The van der Waals surface area contributed by atoms with Crippen molar-refractivity contribution in [2.24, 2.45) is 0 Å². The van der Waals surface area contributed by atoms with Gasteiger partial charge in [0.2, 0.25) is 52.7 Å². The van der Waals surface area contributed by atoms with Crippen LogP contribution in [0.15, 0.2) is 253 Å². The predicted molar refractivity (Wildman–Crippen MR) is 464 cm³/mol. The smallest absolute Gasteiger partial charge is 0.259 e. The molecular formula is C91H78Cl2FN19O13. The molecule has 35 heteroatoms. The molecule has 0 fully saturated rings. The summed E-state index contributed by atoms with van der Waals surface area (Å²) in [6.07, 6.45) is 13.6. The van der Waals surface area contributed by atoms with Crippen molar-refractivity contribution >= 4 is 23.2 Å². The van der Waals surface area contributed by atoms with Gasteiger partial charge in [0.1, 0.15) is 44.8 Å². The van der Waals surface area contributed by atoms with Gasteiger partial charge in [-0.25, -0.2) is 15.0 Å². The molecule has 18 aromatic rings. The first-order valence-electron chi connectivity index (χ1n) is 38.2. The van der Waals surface area contributed by atoms with E-state index in [9.17, 15) is 4.39 Å². The van der Waals surface area contributed by atoms with Gasteiger partial charge in [0, 0.05) is 105 Å². The fourth-order valence-corrected chi connectivity index (χ4v) is 12.3. The van der Waals surface area contributed by atoms with Gasteiger partial charge < -0.3 is 60.3 Å². The number of halogens is 3. The average molecular weight is 1740 g/mol. The molecule has 0 N–H and O–H groups in total. The standard InChI is InChI=1S/C16H15N3O3.C16H15N3O2.C15H11Cl2N3O2.C15H12FN3O2.C15H13N3O2.C14H12N4O2/c1-10-4-5-11(8-13(10)20-2)15-18-16(22-19-15)12-6-7-17-14(9-12)21-3;1-11-3-4-13(10-14(11)20-2)16-18-15(21-19-16)9-12-5-7-17-8-6-12;1-8-3-4-9(5-11(8)21-2)14-19-15(22-20-14)10-6-12(16)18-13(17)7-10;1-9-3-4-10(7-12(9)20-2)14-18-15(21-19-14)11-5-6-17-13(16)8-11;1-10-3-4-12(9-13(10)19-2)14-17-15(20-18-14)11-5-7-16-8-6-11;1-9-3-4-10(7-12(9)19-2)13-17-14(20-18-13)11-5-6-15-16-8-11/h4-9H,1-3H3;3-8,10H,9H2,1-2H3;3-7H,1-2H3;3-8H,1-2H3;3-9H,1-2H3;3-8H,1-2H3. The maximum atomic E-state index is 13.1. The van der Waals surface area contributed by atoms with Gasteiger partial charge in [-0.1, -0.05) is 127 Å². The fourth-order valence-electron chi connectivity index (χ4n) is 11.9. The molecule has 0 saturated carbocycles. The number of methoxy groups -OCH3 is 7. The number of aromatic nitrogens is 19. The topological polar surface area (TPSA) is 388 Å². The van der Waals surface area contributed by atoms with Crippen molar-refractivity contribution in [3.05, 3.63) is 287 Å². The molecule has 0 bridgehead atoms. The van der Waals surface area contributed by atoms with Crippen LogP contribution in [0.4, 0.5) is 4.39 Å². The van der Waals surface area contributed by atoms with Gasteiger partial charge in [-0.05, 0) is 171 Å². The summed E-state index contributed by atoms with van der Waals surface area (Å²) in [4.78, 5) is 45.6. The summed E-state index contributed by atoms with van der Waals surface area (Å²) in [6.45, 7) is 11.9. The number of benzene rings is 6. The first-order valence-corrected chi connectivity index (χ1v) is 39.0. The van der Waals surface area contributed by atoms with Gasteiger partial charge in [-0.2, -0.15) is 44.5 Å². The highest BCUT2D eigenvalue weighted by Crippen LogP contribution is 2.35. The molecule has 0 atom stereocenters. The van der Waals surface area contributed by atoms with Gasteiger partial charge in [-0.15, -0.1) is 0 Å². The van der Waals surface area contributed by atoms with Gasteiger partial charge in [0.25, 0.3) is 29.5 Å². The molecule has 0 aliphatic carbocycles. The number of hydrogen-bond acceptors (Lipinski definition) is 32. The lowest BCUT2D eigenvalue weighted by Crippen LogP contribution is -1.90. The number of pyridine rings is 5. The van der Waals surface area contributed by atoms with E-state index in [1.165, 1.54) is 12.3 Å². The summed E-state index contributed by atoms with van der Waals surface area (Å²) in [5, 5.41) is 31.9. The van der Waals surface area contributed by atoms with E-state index >= 15 is 0 Å². The number of nitrogens with zero attached hydrogens (tertiary/aromatic N) is 19. The van der Waals surface area contributed by atoms with Crippen LogP contribution in [0.25, 0.3) is 126 Å². The summed E-state index contributed by atoms with van der Waals surface area (Å²) >= 11 is 11.8. The van der Waals surface area contributed by atoms with Crippen LogP contribution in [0.5, 0.6) is 40.4 Å². The van der Waals surface area contributed by atoms with Gasteiger partial charge in [0.05, 0.1) is 74.1 Å². The second-order valence-electron chi connectivity index (χ2n) is 27.1. The van der Waals surface area contributed by atoms with Crippen LogP contribution >= 0.6 is 23.2 Å². The Hall–Kier alpha value is -15.9. The normalized spacial score (nSPS) is 10.6. The van der Waals surface area contributed by atoms with Crippen molar-refractivity contribution in [3.8, 4) is 166 Å². The van der Waals surface area contributed by atoms with E-state index in [-0.39, 0.29) is 16.2 Å². The van der Waals surface area contributed by atoms with Gasteiger partial charge in [-0.3, -0.25) is 9.97 Å². The zero-order chi connectivity index (χ0) is 88.6. The molecule has 6 aromatic carbocycles. The third-order valence-corrected chi connectivity index (χ3v) is 19.0. The van der Waals surface area contributed by atoms with Gasteiger partial charge >= 0.3 is 0 Å². The Balaban J connectivity index is 0.000000130. The van der Waals surface area contributed by atoms with E-state index in [2.05, 4.69) is 96.0 Å². The first-order chi connectivity index (χ1) is 61.2. The van der Waals surface area contributed by atoms with Crippen molar-refractivity contribution in [1.29, 1.82) is 0 Å². The van der Waals surface area contributed by atoms with Crippen LogP contribution in [-0.2, 0) is 6.42 Å². The summed E-state index contributed by atoms with van der Waals surface area (Å²) < 4.78 is 81.6. The largest absolute Gasteiger partial charge is 0.496 e. The fraction of sp³-hybridized carbons (Fsp3) is 0.154. The number of hydrogen-bond donors (Lipinski definition) is 0. The SMILES string of the molecule is COc1cc(-c2nc(-c3ccc(C)c(OC)c3)no2)ccn1.COc1cc(-c2noc(-c3cc(Cl)nc(Cl)c3)n2)ccc1C.COc1cc(-c2noc(-c3ccnc(F)c3)n2)ccc1C.COc1cc(-c2noc(-c3ccncc3)n2)ccc1C.COc1cc(-c2noc(-c3ccnnc3)n2)ccc1C.COc1cc(-c2noc(Cc3ccncc3)n2)ccc1C. The van der Waals surface area contributed by atoms with Crippen LogP contribution in [-0.4, -0.2) is 146 Å². The van der Waals surface area contributed by atoms with Crippen molar-refractivity contribution in [1.82, 2.24) is 96.0 Å². The van der Waals surface area contributed by atoms with Crippen molar-refractivity contribution in [2.45, 2.75) is 48.0 Å². The average Bonchev–Trinajstić information content (AvgIpc) is 1.72. The van der Waals surface area contributed by atoms with E-state index < -0.39 is 5.95 Å². The van der Waals surface area contributed by atoms with E-state index in [4.69, 9.17) is 83.5 Å². The number of ether oxygens (including phenoxy) is 7. The van der Waals surface area contributed by atoms with Crippen molar-refractivity contribution < 1.29 is 64.7 Å². The summed E-state index contributed by atoms with van der Waals surface area (Å²) in [6, 6.07) is 53.4. The molecular weight excluding hydrogens is 1660 g/mol. The number of rotatable bonds is 20. The molecule has 12 heterocycles. The maximum absolute atomic E-state index is 13.1. The third-order valence-electron chi connectivity index (χ3n) is 18.6. The molecule has 12 aromatic heterocycles. The lowest BCUT2D eigenvalue weighted by atomic mass is 10.1. The summed E-state index contributed by atoms with van der Waals surface area (Å²) in [5.41, 5.74) is 15.8. The maximum Gasteiger partial charge on any atom is 0.259 e. The van der Waals surface area contributed by atoms with Crippen molar-refractivity contribution in [3.63, 3.8) is 0 Å². The highest BCUT2D eigenvalue weighted by molar-refractivity contribution is 6.32. The van der Waals surface area contributed by atoms with E-state index in [1.54, 1.807) is 130 Å². The Bertz CT molecular complexity index is 6510. The first kappa shape index (κ1) is 87.9. The lowest BCUT2D eigenvalue weighted by molar-refractivity contribution is 0.385. The quantitative estimate of drug-likeness (QED) is 0.0639. The van der Waals surface area contributed by atoms with Crippen LogP contribution in [0, 0.1) is 47.5 Å². The molecule has 0 saturated heterocycles. The Kier molecular flexibility index (Phi) is 29.3. The molecule has 0 spiro atoms. The molecule has 18 rings (SSSR count). The van der Waals surface area contributed by atoms with Crippen LogP contribution in [0.1, 0.15) is 44.8 Å². The predicted octanol–water partition coefficient (Wildman–Crippen LogP) is 19.5. The minimum atomic E-state index is -0.593. The monoisotopic (exact) mass is 1730 g/mol. The molecule has 636 valence electrons. The second-order valence-corrected chi connectivity index (χ2v) is 27.9. The highest BCUT2D eigenvalue weighted by Gasteiger charge is 2.20. The van der Waals surface area contributed by atoms with Crippen LogP contribution in [0.2, 0.25) is 10.3 Å². The second kappa shape index (κ2) is 42.1. The molecule has 0 amide bonds. The molecule has 0 aliphatic rings. The summed E-state index contributed by atoms with van der Waals surface area (Å²) in [7, 11) is 11.3. The zero-order valence-corrected chi connectivity index (χ0v) is 71.5. The Morgan fingerprint density at radius 3 is 0.952 bits per heavy atom. The molecule has 126 heavy (non-hydrogen) atoms. The molecule has 32 nitrogen and oxygen atoms in total. The molecule has 0 unspecified atom stereocenters. The third kappa shape index (κ3) is 22.6. The van der Waals surface area contributed by atoms with Crippen molar-refractivity contribution in [2.75, 3.05) is 49.8 Å².